The molecule has 1 heterocycles. The Balaban J connectivity index is 2.50. The summed E-state index contributed by atoms with van der Waals surface area (Å²) in [7, 11) is -4.40. The van der Waals surface area contributed by atoms with E-state index in [1.165, 1.54) is 12.1 Å². The number of hydrogen-bond donors (Lipinski definition) is 0. The maximum absolute atomic E-state index is 13.0. The summed E-state index contributed by atoms with van der Waals surface area (Å²) < 4.78 is 65.6. The summed E-state index contributed by atoms with van der Waals surface area (Å²) >= 11 is 8.71. The summed E-state index contributed by atoms with van der Waals surface area (Å²) in [6, 6.07) is 6.00. The Kier molecular flexibility index (Phi) is 7.02. The Labute approximate surface area is 171 Å². The number of nitrogens with zero attached hydrogens (tertiary/aromatic N) is 3. The van der Waals surface area contributed by atoms with E-state index < -0.39 is 49.0 Å². The molecule has 0 saturated heterocycles. The van der Waals surface area contributed by atoms with E-state index in [0.717, 1.165) is 16.4 Å². The van der Waals surface area contributed by atoms with Gasteiger partial charge in [0.1, 0.15) is 5.15 Å². The zero-order valence-corrected chi connectivity index (χ0v) is 17.0. The van der Waals surface area contributed by atoms with Crippen molar-refractivity contribution in [3.63, 3.8) is 0 Å². The number of halogens is 5. The van der Waals surface area contributed by atoms with E-state index in [1.807, 2.05) is 0 Å². The van der Waals surface area contributed by atoms with Crippen molar-refractivity contribution in [1.82, 2.24) is 9.29 Å². The number of benzene rings is 1. The van der Waals surface area contributed by atoms with Gasteiger partial charge in [-0.15, -0.1) is 0 Å². The average molecular weight is 503 g/mol. The zero-order chi connectivity index (χ0) is 21.1. The van der Waals surface area contributed by atoms with Crippen molar-refractivity contribution < 1.29 is 26.5 Å². The van der Waals surface area contributed by atoms with Gasteiger partial charge in [-0.05, 0) is 18.2 Å². The van der Waals surface area contributed by atoms with Gasteiger partial charge < -0.3 is 0 Å². The van der Waals surface area contributed by atoms with Gasteiger partial charge in [0, 0.05) is 17.9 Å². The molecule has 1 aromatic carbocycles. The van der Waals surface area contributed by atoms with Crippen molar-refractivity contribution in [1.29, 1.82) is 0 Å². The second-order valence-corrected chi connectivity index (χ2v) is 8.51. The molecule has 2 rings (SSSR count). The van der Waals surface area contributed by atoms with Crippen LogP contribution in [0.2, 0.25) is 5.15 Å². The van der Waals surface area contributed by atoms with Crippen LogP contribution < -0.4 is 0 Å². The Morgan fingerprint density at radius 3 is 2.46 bits per heavy atom. The fourth-order valence-corrected chi connectivity index (χ4v) is 4.78. The molecule has 0 aliphatic carbocycles. The Hall–Kier alpha value is -1.76. The van der Waals surface area contributed by atoms with Crippen LogP contribution in [-0.2, 0) is 22.7 Å². The van der Waals surface area contributed by atoms with Crippen LogP contribution in [0.15, 0.2) is 41.3 Å². The topological polar surface area (TPSA) is 93.4 Å². The predicted octanol–water partition coefficient (Wildman–Crippen LogP) is 4.25. The lowest BCUT2D eigenvalue weighted by Crippen LogP contribution is -2.33. The van der Waals surface area contributed by atoms with Crippen LogP contribution in [0.4, 0.5) is 18.9 Å². The van der Waals surface area contributed by atoms with Crippen LogP contribution >= 0.6 is 27.5 Å². The van der Waals surface area contributed by atoms with E-state index in [0.29, 0.717) is 12.1 Å². The minimum Gasteiger partial charge on any atom is -0.258 e. The second kappa shape index (κ2) is 8.72. The zero-order valence-electron chi connectivity index (χ0n) is 13.9. The highest BCUT2D eigenvalue weighted by atomic mass is 79.9. The van der Waals surface area contributed by atoms with Crippen molar-refractivity contribution in [2.24, 2.45) is 0 Å². The number of alkyl halides is 4. The van der Waals surface area contributed by atoms with Gasteiger partial charge in [-0.3, -0.25) is 10.1 Å². The van der Waals surface area contributed by atoms with Crippen molar-refractivity contribution in [3.8, 4) is 0 Å². The molecule has 0 radical (unpaired) electrons. The first-order valence-corrected chi connectivity index (χ1v) is 10.4. The Morgan fingerprint density at radius 2 is 1.89 bits per heavy atom. The van der Waals surface area contributed by atoms with Crippen molar-refractivity contribution in [2.45, 2.75) is 17.6 Å². The maximum Gasteiger partial charge on any atom is 0.416 e. The molecule has 0 N–H and O–H groups in total. The second-order valence-electron chi connectivity index (χ2n) is 5.42. The average Bonchev–Trinajstić information content (AvgIpc) is 2.60. The number of aromatic nitrogens is 1. The van der Waals surface area contributed by atoms with E-state index in [1.54, 1.807) is 0 Å². The van der Waals surface area contributed by atoms with Crippen molar-refractivity contribution >= 4 is 43.2 Å². The minimum atomic E-state index is -4.70. The monoisotopic (exact) mass is 501 g/mol. The van der Waals surface area contributed by atoms with Crippen LogP contribution in [0.25, 0.3) is 0 Å². The molecule has 0 aliphatic heterocycles. The minimum absolute atomic E-state index is 0.138. The van der Waals surface area contributed by atoms with Crippen LogP contribution in [0, 0.1) is 10.1 Å². The summed E-state index contributed by atoms with van der Waals surface area (Å²) in [4.78, 5) is 13.5. The van der Waals surface area contributed by atoms with Crippen molar-refractivity contribution in [2.75, 3.05) is 11.9 Å². The smallest absolute Gasteiger partial charge is 0.258 e. The molecular formula is C15H12BrClF3N3O4S. The van der Waals surface area contributed by atoms with Crippen LogP contribution in [-0.4, -0.2) is 34.5 Å². The summed E-state index contributed by atoms with van der Waals surface area (Å²) in [6.45, 7) is -0.715. The van der Waals surface area contributed by atoms with E-state index in [9.17, 15) is 31.7 Å². The first-order valence-electron chi connectivity index (χ1n) is 7.50. The molecule has 0 fully saturated rings. The van der Waals surface area contributed by atoms with E-state index in [-0.39, 0.29) is 17.6 Å². The third-order valence-corrected chi connectivity index (χ3v) is 5.97. The molecule has 152 valence electrons. The highest BCUT2D eigenvalue weighted by Gasteiger charge is 2.34. The van der Waals surface area contributed by atoms with Gasteiger partial charge in [0.2, 0.25) is 10.0 Å². The van der Waals surface area contributed by atoms with E-state index in [4.69, 9.17) is 11.6 Å². The lowest BCUT2D eigenvalue weighted by atomic mass is 10.2. The molecule has 0 bridgehead atoms. The third-order valence-electron chi connectivity index (χ3n) is 3.53. The standard InChI is InChI=1S/C15H12BrClF3N3O4S/c16-5-6-22(9-11-7-10(15(18,19)20)8-14(17)21-11)28(26,27)13-4-2-1-3-12(13)23(24)25/h1-4,7-8H,5-6,9H2. The van der Waals surface area contributed by atoms with E-state index >= 15 is 0 Å². The van der Waals surface area contributed by atoms with Gasteiger partial charge in [-0.1, -0.05) is 39.7 Å². The van der Waals surface area contributed by atoms with Gasteiger partial charge >= 0.3 is 6.18 Å². The summed E-state index contributed by atoms with van der Waals surface area (Å²) in [5, 5.41) is 10.9. The molecular weight excluding hydrogens is 491 g/mol. The van der Waals surface area contributed by atoms with E-state index in [2.05, 4.69) is 20.9 Å². The highest BCUT2D eigenvalue weighted by molar-refractivity contribution is 9.09. The molecule has 0 unspecified atom stereocenters. The SMILES string of the molecule is O=[N+]([O-])c1ccccc1S(=O)(=O)N(CCBr)Cc1cc(C(F)(F)F)cc(Cl)n1. The number of rotatable bonds is 7. The van der Waals surface area contributed by atoms with Crippen LogP contribution in [0.3, 0.4) is 0 Å². The number of nitro groups is 1. The highest BCUT2D eigenvalue weighted by Crippen LogP contribution is 2.32. The molecule has 0 saturated carbocycles. The summed E-state index contributed by atoms with van der Waals surface area (Å²) in [5.41, 5.74) is -1.97. The number of nitro benzene ring substituents is 1. The molecule has 1 aromatic heterocycles. The molecule has 13 heteroatoms. The maximum atomic E-state index is 13.0. The molecule has 0 amide bonds. The fourth-order valence-electron chi connectivity index (χ4n) is 2.32. The largest absolute Gasteiger partial charge is 0.416 e. The van der Waals surface area contributed by atoms with Gasteiger partial charge in [0.05, 0.1) is 22.7 Å². The van der Waals surface area contributed by atoms with Crippen LogP contribution in [0.5, 0.6) is 0 Å². The van der Waals surface area contributed by atoms with Gasteiger partial charge in [-0.2, -0.15) is 17.5 Å². The molecule has 0 atom stereocenters. The number of para-hydroxylation sites is 1. The molecule has 2 aromatic rings. The Morgan fingerprint density at radius 1 is 1.25 bits per heavy atom. The lowest BCUT2D eigenvalue weighted by molar-refractivity contribution is -0.387. The first kappa shape index (κ1) is 22.5. The lowest BCUT2D eigenvalue weighted by Gasteiger charge is -2.21. The van der Waals surface area contributed by atoms with Gasteiger partial charge in [-0.25, -0.2) is 13.4 Å². The molecule has 0 aliphatic rings. The first-order chi connectivity index (χ1) is 13.0. The molecule has 0 spiro atoms. The number of pyridine rings is 1. The normalized spacial score (nSPS) is 12.4. The number of hydrogen-bond acceptors (Lipinski definition) is 5. The fraction of sp³-hybridized carbons (Fsp3) is 0.267. The quantitative estimate of drug-likeness (QED) is 0.244. The summed E-state index contributed by atoms with van der Waals surface area (Å²) in [6.07, 6.45) is -4.70. The third kappa shape index (κ3) is 5.19. The Bertz CT molecular complexity index is 989. The van der Waals surface area contributed by atoms with Crippen LogP contribution in [0.1, 0.15) is 11.3 Å². The van der Waals surface area contributed by atoms with Gasteiger partial charge in [0.25, 0.3) is 5.69 Å². The van der Waals surface area contributed by atoms with Crippen molar-refractivity contribution in [3.05, 3.63) is 62.9 Å². The predicted molar refractivity (Wildman–Crippen MR) is 98.7 cm³/mol. The summed E-state index contributed by atoms with van der Waals surface area (Å²) in [5.74, 6) is 0. The number of sulfonamides is 1. The van der Waals surface area contributed by atoms with Gasteiger partial charge in [0.15, 0.2) is 4.90 Å². The molecule has 7 nitrogen and oxygen atoms in total. The molecule has 28 heavy (non-hydrogen) atoms.